The van der Waals surface area contributed by atoms with Crippen LogP contribution < -0.4 is 0 Å². The standard InChI is InChI=1S/C20H30O4S/c1-23-19-16(21)14-17(18(22)20(19)24-2)25-13-9-4-3-6-10-15-11-7-5-8-12-15/h14-15H,3-13H2,1-2H3. The first-order chi connectivity index (χ1) is 12.2. The summed E-state index contributed by atoms with van der Waals surface area (Å²) in [4.78, 5) is 24.7. The van der Waals surface area contributed by atoms with E-state index in [0.29, 0.717) is 4.91 Å². The molecule has 0 aromatic rings. The van der Waals surface area contributed by atoms with Gasteiger partial charge < -0.3 is 9.47 Å². The molecule has 0 aliphatic heterocycles. The SMILES string of the molecule is COC1=C(OC)C(=O)C(SCCCCCCC2CCCCC2)=CC1=O. The summed E-state index contributed by atoms with van der Waals surface area (Å²) in [7, 11) is 2.76. The van der Waals surface area contributed by atoms with E-state index in [9.17, 15) is 9.59 Å². The van der Waals surface area contributed by atoms with Crippen LogP contribution in [0.3, 0.4) is 0 Å². The highest BCUT2D eigenvalue weighted by molar-refractivity contribution is 8.04. The number of ketones is 2. The Balaban J connectivity index is 1.63. The summed E-state index contributed by atoms with van der Waals surface area (Å²) in [6.45, 7) is 0. The Bertz CT molecular complexity index is 530. The molecule has 1 fully saturated rings. The Morgan fingerprint density at radius 2 is 1.64 bits per heavy atom. The van der Waals surface area contributed by atoms with Crippen LogP contribution in [0.4, 0.5) is 0 Å². The summed E-state index contributed by atoms with van der Waals surface area (Å²) < 4.78 is 10.0. The molecule has 0 spiro atoms. The molecule has 0 aromatic heterocycles. The molecule has 4 nitrogen and oxygen atoms in total. The van der Waals surface area contributed by atoms with Gasteiger partial charge in [-0.1, -0.05) is 57.8 Å². The van der Waals surface area contributed by atoms with Gasteiger partial charge in [0, 0.05) is 6.08 Å². The molecule has 0 unspecified atom stereocenters. The molecule has 25 heavy (non-hydrogen) atoms. The van der Waals surface area contributed by atoms with Crippen molar-refractivity contribution in [2.75, 3.05) is 20.0 Å². The Morgan fingerprint density at radius 1 is 0.960 bits per heavy atom. The molecular weight excluding hydrogens is 336 g/mol. The van der Waals surface area contributed by atoms with Gasteiger partial charge in [0.1, 0.15) is 0 Å². The number of unbranched alkanes of at least 4 members (excludes halogenated alkanes) is 3. The Hall–Kier alpha value is -1.23. The maximum atomic E-state index is 12.3. The molecule has 0 saturated heterocycles. The maximum absolute atomic E-state index is 12.3. The van der Waals surface area contributed by atoms with E-state index in [4.69, 9.17) is 9.47 Å². The van der Waals surface area contributed by atoms with Crippen LogP contribution in [0.25, 0.3) is 0 Å². The van der Waals surface area contributed by atoms with E-state index in [1.807, 2.05) is 0 Å². The molecule has 1 saturated carbocycles. The predicted octanol–water partition coefficient (Wildman–Crippen LogP) is 4.79. The van der Waals surface area contributed by atoms with E-state index in [1.165, 1.54) is 89.8 Å². The number of hydrogen-bond donors (Lipinski definition) is 0. The van der Waals surface area contributed by atoms with Crippen LogP contribution in [0.15, 0.2) is 22.5 Å². The van der Waals surface area contributed by atoms with Crippen LogP contribution in [0, 0.1) is 5.92 Å². The van der Waals surface area contributed by atoms with Gasteiger partial charge in [0.2, 0.25) is 23.1 Å². The highest BCUT2D eigenvalue weighted by Gasteiger charge is 2.30. The van der Waals surface area contributed by atoms with Crippen LogP contribution in [-0.2, 0) is 19.1 Å². The molecule has 2 rings (SSSR count). The zero-order chi connectivity index (χ0) is 18.1. The Morgan fingerprint density at radius 3 is 2.32 bits per heavy atom. The number of Topliss-reactive ketones (excluding diaryl/α,β-unsaturated/α-hetero) is 1. The zero-order valence-corrected chi connectivity index (χ0v) is 16.3. The van der Waals surface area contributed by atoms with Crippen molar-refractivity contribution in [3.05, 3.63) is 22.5 Å². The Labute approximate surface area is 155 Å². The molecular formula is C20H30O4S. The predicted molar refractivity (Wildman–Crippen MR) is 101 cm³/mol. The van der Waals surface area contributed by atoms with Gasteiger partial charge in [0.25, 0.3) is 0 Å². The molecule has 2 aliphatic rings. The quantitative estimate of drug-likeness (QED) is 0.411. The minimum atomic E-state index is -0.297. The van der Waals surface area contributed by atoms with Crippen molar-refractivity contribution in [3.8, 4) is 0 Å². The van der Waals surface area contributed by atoms with Crippen LogP contribution in [0.2, 0.25) is 0 Å². The molecule has 0 radical (unpaired) electrons. The molecule has 140 valence electrons. The highest BCUT2D eigenvalue weighted by atomic mass is 32.2. The average Bonchev–Trinajstić information content (AvgIpc) is 2.63. The number of ether oxygens (including phenoxy) is 2. The first kappa shape index (κ1) is 20.1. The van der Waals surface area contributed by atoms with Gasteiger partial charge >= 0.3 is 0 Å². The van der Waals surface area contributed by atoms with Crippen LogP contribution in [0.5, 0.6) is 0 Å². The molecule has 0 bridgehead atoms. The fourth-order valence-electron chi connectivity index (χ4n) is 3.61. The number of carbonyl (C=O) groups excluding carboxylic acids is 2. The summed E-state index contributed by atoms with van der Waals surface area (Å²) in [5.41, 5.74) is 0. The molecule has 0 amide bonds. The number of carbonyl (C=O) groups is 2. The van der Waals surface area contributed by atoms with Crippen molar-refractivity contribution in [2.24, 2.45) is 5.92 Å². The summed E-state index contributed by atoms with van der Waals surface area (Å²) in [5, 5.41) is 0. The van der Waals surface area contributed by atoms with Crippen LogP contribution in [0.1, 0.15) is 64.2 Å². The number of rotatable bonds is 10. The topological polar surface area (TPSA) is 52.6 Å². The van der Waals surface area contributed by atoms with Gasteiger partial charge in [0.15, 0.2) is 0 Å². The third kappa shape index (κ3) is 5.91. The molecule has 2 aliphatic carbocycles. The normalized spacial score (nSPS) is 19.2. The second kappa shape index (κ2) is 10.7. The second-order valence-electron chi connectivity index (χ2n) is 6.82. The lowest BCUT2D eigenvalue weighted by atomic mass is 9.85. The van der Waals surface area contributed by atoms with Gasteiger partial charge in [-0.05, 0) is 18.1 Å². The molecule has 0 N–H and O–H groups in total. The van der Waals surface area contributed by atoms with E-state index in [1.54, 1.807) is 0 Å². The number of thioether (sulfide) groups is 1. The first-order valence-corrected chi connectivity index (χ1v) is 10.4. The van der Waals surface area contributed by atoms with Gasteiger partial charge in [-0.25, -0.2) is 0 Å². The van der Waals surface area contributed by atoms with Crippen molar-refractivity contribution in [1.29, 1.82) is 0 Å². The average molecular weight is 367 g/mol. The van der Waals surface area contributed by atoms with Gasteiger partial charge in [-0.2, -0.15) is 0 Å². The summed E-state index contributed by atoms with van der Waals surface area (Å²) >= 11 is 1.45. The number of allylic oxidation sites excluding steroid dienone is 2. The smallest absolute Gasteiger partial charge is 0.238 e. The fraction of sp³-hybridized carbons (Fsp3) is 0.700. The third-order valence-corrected chi connectivity index (χ3v) is 6.13. The minimum Gasteiger partial charge on any atom is -0.490 e. The van der Waals surface area contributed by atoms with E-state index in [0.717, 1.165) is 18.1 Å². The van der Waals surface area contributed by atoms with Crippen LogP contribution in [-0.4, -0.2) is 31.5 Å². The van der Waals surface area contributed by atoms with Gasteiger partial charge in [0.05, 0.1) is 19.1 Å². The van der Waals surface area contributed by atoms with E-state index in [-0.39, 0.29) is 23.1 Å². The number of methoxy groups -OCH3 is 2. The second-order valence-corrected chi connectivity index (χ2v) is 7.96. The summed E-state index contributed by atoms with van der Waals surface area (Å²) in [6.07, 6.45) is 14.7. The highest BCUT2D eigenvalue weighted by Crippen LogP contribution is 2.30. The fourth-order valence-corrected chi connectivity index (χ4v) is 4.59. The zero-order valence-electron chi connectivity index (χ0n) is 15.5. The minimum absolute atomic E-state index is 0.000405. The third-order valence-electron chi connectivity index (χ3n) is 5.02. The van der Waals surface area contributed by atoms with Crippen molar-refractivity contribution in [1.82, 2.24) is 0 Å². The van der Waals surface area contributed by atoms with Crippen molar-refractivity contribution in [2.45, 2.75) is 64.2 Å². The molecule has 0 heterocycles. The lowest BCUT2D eigenvalue weighted by molar-refractivity contribution is -0.119. The molecule has 0 aromatic carbocycles. The summed E-state index contributed by atoms with van der Waals surface area (Å²) in [6, 6.07) is 0. The lowest BCUT2D eigenvalue weighted by Gasteiger charge is -2.21. The van der Waals surface area contributed by atoms with E-state index >= 15 is 0 Å². The number of hydrogen-bond acceptors (Lipinski definition) is 5. The van der Waals surface area contributed by atoms with Gasteiger partial charge in [-0.15, -0.1) is 11.8 Å². The molecule has 0 atom stereocenters. The van der Waals surface area contributed by atoms with Gasteiger partial charge in [-0.3, -0.25) is 9.59 Å². The van der Waals surface area contributed by atoms with Crippen molar-refractivity contribution in [3.63, 3.8) is 0 Å². The monoisotopic (exact) mass is 366 g/mol. The lowest BCUT2D eigenvalue weighted by Crippen LogP contribution is -2.20. The van der Waals surface area contributed by atoms with Crippen molar-refractivity contribution >= 4 is 23.3 Å². The van der Waals surface area contributed by atoms with E-state index < -0.39 is 0 Å². The summed E-state index contributed by atoms with van der Waals surface area (Å²) in [5.74, 6) is 1.29. The molecule has 5 heteroatoms. The Kier molecular flexibility index (Phi) is 8.59. The first-order valence-electron chi connectivity index (χ1n) is 9.43. The van der Waals surface area contributed by atoms with Crippen LogP contribution >= 0.6 is 11.8 Å². The maximum Gasteiger partial charge on any atom is 0.238 e. The van der Waals surface area contributed by atoms with E-state index in [2.05, 4.69) is 0 Å². The van der Waals surface area contributed by atoms with Crippen molar-refractivity contribution < 1.29 is 19.1 Å². The largest absolute Gasteiger partial charge is 0.490 e.